The van der Waals surface area contributed by atoms with Crippen molar-refractivity contribution in [2.24, 2.45) is 0 Å². The number of hydrogen-bond acceptors (Lipinski definition) is 3. The predicted octanol–water partition coefficient (Wildman–Crippen LogP) is 2.32. The van der Waals surface area contributed by atoms with Gasteiger partial charge in [-0.1, -0.05) is 43.7 Å². The van der Waals surface area contributed by atoms with E-state index in [1.54, 1.807) is 0 Å². The summed E-state index contributed by atoms with van der Waals surface area (Å²) in [7, 11) is 0. The Kier molecular flexibility index (Phi) is 6.70. The molecule has 1 heterocycles. The summed E-state index contributed by atoms with van der Waals surface area (Å²) in [6.07, 6.45) is 3.54. The lowest BCUT2D eigenvalue weighted by molar-refractivity contribution is -0.148. The second-order valence-corrected chi connectivity index (χ2v) is 5.45. The van der Waals surface area contributed by atoms with Gasteiger partial charge < -0.3 is 14.8 Å². The summed E-state index contributed by atoms with van der Waals surface area (Å²) in [5.74, 6) is -0.0405. The van der Waals surface area contributed by atoms with E-state index in [0.717, 1.165) is 25.7 Å². The van der Waals surface area contributed by atoms with Crippen LogP contribution in [0.15, 0.2) is 30.3 Å². The summed E-state index contributed by atoms with van der Waals surface area (Å²) in [6, 6.07) is 10.6. The zero-order valence-electron chi connectivity index (χ0n) is 12.7. The maximum absolute atomic E-state index is 12.2. The fraction of sp³-hybridized carbons (Fsp3) is 0.588. The van der Waals surface area contributed by atoms with Crippen molar-refractivity contribution in [3.63, 3.8) is 0 Å². The molecular weight excluding hydrogens is 266 g/mol. The molecule has 1 aromatic rings. The van der Waals surface area contributed by atoms with Crippen LogP contribution < -0.4 is 5.32 Å². The number of hydrogen-bond donors (Lipinski definition) is 1. The van der Waals surface area contributed by atoms with Gasteiger partial charge in [0, 0.05) is 6.04 Å². The Bertz CT molecular complexity index is 415. The second-order valence-electron chi connectivity index (χ2n) is 5.45. The van der Waals surface area contributed by atoms with Crippen LogP contribution in [0.4, 0.5) is 0 Å². The molecule has 0 spiro atoms. The van der Waals surface area contributed by atoms with Gasteiger partial charge in [0.05, 0.1) is 19.8 Å². The molecule has 1 saturated heterocycles. The van der Waals surface area contributed by atoms with Gasteiger partial charge in [0.2, 0.25) is 0 Å². The molecule has 1 aliphatic rings. The molecule has 0 radical (unpaired) electrons. The van der Waals surface area contributed by atoms with Crippen LogP contribution >= 0.6 is 0 Å². The standard InChI is InChI=1S/C17H25NO3/c1-2-6-15(10-9-14-7-4-3-5-8-14)18-17(19)16-13-20-11-12-21-16/h3-5,7-8,15-16H,2,6,9-13H2,1H3,(H,18,19)/t15-,16-/m0/s1. The molecule has 1 N–H and O–H groups in total. The summed E-state index contributed by atoms with van der Waals surface area (Å²) in [4.78, 5) is 12.2. The Labute approximate surface area is 126 Å². The van der Waals surface area contributed by atoms with E-state index in [0.29, 0.717) is 19.8 Å². The molecule has 2 rings (SSSR count). The lowest BCUT2D eigenvalue weighted by Crippen LogP contribution is -2.46. The molecule has 116 valence electrons. The van der Waals surface area contributed by atoms with Gasteiger partial charge in [-0.15, -0.1) is 0 Å². The highest BCUT2D eigenvalue weighted by atomic mass is 16.6. The Balaban J connectivity index is 1.81. The number of rotatable bonds is 7. The third-order valence-corrected chi connectivity index (χ3v) is 3.72. The van der Waals surface area contributed by atoms with E-state index in [1.165, 1.54) is 5.56 Å². The summed E-state index contributed by atoms with van der Waals surface area (Å²) >= 11 is 0. The van der Waals surface area contributed by atoms with Crippen molar-refractivity contribution in [2.75, 3.05) is 19.8 Å². The van der Waals surface area contributed by atoms with E-state index in [-0.39, 0.29) is 11.9 Å². The number of benzene rings is 1. The third-order valence-electron chi connectivity index (χ3n) is 3.72. The topological polar surface area (TPSA) is 47.6 Å². The normalized spacial score (nSPS) is 20.0. The number of aryl methyl sites for hydroxylation is 1. The smallest absolute Gasteiger partial charge is 0.251 e. The van der Waals surface area contributed by atoms with Gasteiger partial charge in [0.1, 0.15) is 0 Å². The van der Waals surface area contributed by atoms with E-state index < -0.39 is 6.10 Å². The molecule has 0 saturated carbocycles. The van der Waals surface area contributed by atoms with Gasteiger partial charge in [0.15, 0.2) is 6.10 Å². The van der Waals surface area contributed by atoms with Crippen molar-refractivity contribution in [3.8, 4) is 0 Å². The maximum Gasteiger partial charge on any atom is 0.251 e. The molecule has 0 aliphatic carbocycles. The van der Waals surface area contributed by atoms with E-state index in [9.17, 15) is 4.79 Å². The number of carbonyl (C=O) groups is 1. The van der Waals surface area contributed by atoms with Crippen LogP contribution in [-0.4, -0.2) is 37.9 Å². The second kappa shape index (κ2) is 8.80. The maximum atomic E-state index is 12.2. The predicted molar refractivity (Wildman–Crippen MR) is 82.2 cm³/mol. The average Bonchev–Trinajstić information content (AvgIpc) is 2.54. The van der Waals surface area contributed by atoms with Crippen LogP contribution in [0.1, 0.15) is 31.7 Å². The highest BCUT2D eigenvalue weighted by Crippen LogP contribution is 2.10. The summed E-state index contributed by atoms with van der Waals surface area (Å²) in [5.41, 5.74) is 1.31. The summed E-state index contributed by atoms with van der Waals surface area (Å²) in [5, 5.41) is 3.11. The quantitative estimate of drug-likeness (QED) is 0.838. The number of ether oxygens (including phenoxy) is 2. The van der Waals surface area contributed by atoms with Gasteiger partial charge in [-0.25, -0.2) is 0 Å². The summed E-state index contributed by atoms with van der Waals surface area (Å²) in [6.45, 7) is 3.59. The van der Waals surface area contributed by atoms with Crippen molar-refractivity contribution in [1.82, 2.24) is 5.32 Å². The molecule has 1 fully saturated rings. The molecule has 4 nitrogen and oxygen atoms in total. The van der Waals surface area contributed by atoms with Crippen molar-refractivity contribution < 1.29 is 14.3 Å². The highest BCUT2D eigenvalue weighted by Gasteiger charge is 2.24. The molecule has 1 aromatic carbocycles. The average molecular weight is 291 g/mol. The first-order valence-corrected chi connectivity index (χ1v) is 7.83. The van der Waals surface area contributed by atoms with E-state index in [2.05, 4.69) is 36.5 Å². The van der Waals surface area contributed by atoms with Crippen molar-refractivity contribution in [2.45, 2.75) is 44.8 Å². The van der Waals surface area contributed by atoms with Gasteiger partial charge in [0.25, 0.3) is 5.91 Å². The Morgan fingerprint density at radius 1 is 1.29 bits per heavy atom. The Hall–Kier alpha value is -1.39. The van der Waals surface area contributed by atoms with Crippen molar-refractivity contribution in [3.05, 3.63) is 35.9 Å². The number of amides is 1. The highest BCUT2D eigenvalue weighted by molar-refractivity contribution is 5.81. The number of carbonyl (C=O) groups excluding carboxylic acids is 1. The fourth-order valence-corrected chi connectivity index (χ4v) is 2.56. The minimum absolute atomic E-state index is 0.0405. The van der Waals surface area contributed by atoms with Gasteiger partial charge in [-0.3, -0.25) is 4.79 Å². The minimum atomic E-state index is -0.449. The van der Waals surface area contributed by atoms with Crippen LogP contribution in [0.3, 0.4) is 0 Å². The van der Waals surface area contributed by atoms with E-state index in [4.69, 9.17) is 9.47 Å². The van der Waals surface area contributed by atoms with Crippen molar-refractivity contribution in [1.29, 1.82) is 0 Å². The lowest BCUT2D eigenvalue weighted by Gasteiger charge is -2.25. The molecule has 0 bridgehead atoms. The van der Waals surface area contributed by atoms with Crippen LogP contribution in [0.5, 0.6) is 0 Å². The minimum Gasteiger partial charge on any atom is -0.376 e. The van der Waals surface area contributed by atoms with Crippen LogP contribution in [0, 0.1) is 0 Å². The largest absolute Gasteiger partial charge is 0.376 e. The molecule has 21 heavy (non-hydrogen) atoms. The van der Waals surface area contributed by atoms with Crippen LogP contribution in [0.25, 0.3) is 0 Å². The monoisotopic (exact) mass is 291 g/mol. The molecular formula is C17H25NO3. The zero-order chi connectivity index (χ0) is 14.9. The lowest BCUT2D eigenvalue weighted by atomic mass is 10.0. The Morgan fingerprint density at radius 3 is 2.76 bits per heavy atom. The molecule has 0 unspecified atom stereocenters. The first-order valence-electron chi connectivity index (χ1n) is 7.83. The molecule has 4 heteroatoms. The zero-order valence-corrected chi connectivity index (χ0v) is 12.7. The SMILES string of the molecule is CCC[C@@H](CCc1ccccc1)NC(=O)[C@@H]1COCCO1. The molecule has 2 atom stereocenters. The van der Waals surface area contributed by atoms with Crippen LogP contribution in [0.2, 0.25) is 0 Å². The van der Waals surface area contributed by atoms with Crippen molar-refractivity contribution >= 4 is 5.91 Å². The van der Waals surface area contributed by atoms with Gasteiger partial charge in [-0.05, 0) is 24.8 Å². The third kappa shape index (κ3) is 5.48. The van der Waals surface area contributed by atoms with E-state index >= 15 is 0 Å². The van der Waals surface area contributed by atoms with Gasteiger partial charge >= 0.3 is 0 Å². The fourth-order valence-electron chi connectivity index (χ4n) is 2.56. The number of nitrogens with one attached hydrogen (secondary N) is 1. The summed E-state index contributed by atoms with van der Waals surface area (Å²) < 4.78 is 10.7. The van der Waals surface area contributed by atoms with Gasteiger partial charge in [-0.2, -0.15) is 0 Å². The molecule has 0 aromatic heterocycles. The first-order chi connectivity index (χ1) is 10.3. The van der Waals surface area contributed by atoms with Crippen LogP contribution in [-0.2, 0) is 20.7 Å². The Morgan fingerprint density at radius 2 is 2.10 bits per heavy atom. The molecule has 1 amide bonds. The first kappa shape index (κ1) is 16.0. The molecule has 1 aliphatic heterocycles. The van der Waals surface area contributed by atoms with E-state index in [1.807, 2.05) is 6.07 Å².